The van der Waals surface area contributed by atoms with E-state index < -0.39 is 18.2 Å². The minimum atomic E-state index is -1.26. The van der Waals surface area contributed by atoms with Gasteiger partial charge in [-0.05, 0) is 24.1 Å². The van der Waals surface area contributed by atoms with Crippen LogP contribution in [0.5, 0.6) is 0 Å². The minimum Gasteiger partial charge on any atom is -0.469 e. The lowest BCUT2D eigenvalue weighted by molar-refractivity contribution is -0.144. The van der Waals surface area contributed by atoms with Crippen LogP contribution < -0.4 is 0 Å². The average molecular weight is 249 g/mol. The summed E-state index contributed by atoms with van der Waals surface area (Å²) in [4.78, 5) is 11.0. The smallest absolute Gasteiger partial charge is 0.308 e. The first kappa shape index (κ1) is 14.2. The number of ether oxygens (including phenoxy) is 1. The molecule has 0 radical (unpaired) electrons. The first-order chi connectivity index (χ1) is 8.51. The van der Waals surface area contributed by atoms with E-state index in [1.54, 1.807) is 25.1 Å². The molecule has 0 bridgehead atoms. The molecule has 0 aromatic heterocycles. The summed E-state index contributed by atoms with van der Waals surface area (Å²) in [7, 11) is 1.21. The van der Waals surface area contributed by atoms with Gasteiger partial charge in [-0.2, -0.15) is 5.26 Å². The molecule has 5 nitrogen and oxygen atoms in total. The van der Waals surface area contributed by atoms with E-state index in [4.69, 9.17) is 5.26 Å². The molecule has 0 aliphatic heterocycles. The van der Waals surface area contributed by atoms with Crippen LogP contribution in [0.1, 0.15) is 29.2 Å². The standard InChI is InChI=1S/C13H15NO4/c1-8-9(7-14)4-3-5-10(8)13(17)11(15)6-12(16)18-2/h3-5,11,13,15,17H,6H2,1-2H3. The van der Waals surface area contributed by atoms with Gasteiger partial charge in [-0.15, -0.1) is 0 Å². The van der Waals surface area contributed by atoms with Gasteiger partial charge in [-0.3, -0.25) is 4.79 Å². The third-order valence-corrected chi connectivity index (χ3v) is 2.78. The third-order valence-electron chi connectivity index (χ3n) is 2.78. The number of hydrogen-bond acceptors (Lipinski definition) is 5. The molecule has 0 aliphatic rings. The Morgan fingerprint density at radius 1 is 1.50 bits per heavy atom. The Morgan fingerprint density at radius 3 is 2.72 bits per heavy atom. The zero-order valence-electron chi connectivity index (χ0n) is 10.3. The normalized spacial score (nSPS) is 13.5. The number of aliphatic hydroxyl groups is 2. The van der Waals surface area contributed by atoms with Gasteiger partial charge >= 0.3 is 5.97 Å². The van der Waals surface area contributed by atoms with E-state index in [1.165, 1.54) is 7.11 Å². The Labute approximate surface area is 105 Å². The minimum absolute atomic E-state index is 0.298. The molecule has 2 unspecified atom stereocenters. The quantitative estimate of drug-likeness (QED) is 0.771. The number of nitriles is 1. The van der Waals surface area contributed by atoms with Gasteiger partial charge in [0, 0.05) is 0 Å². The summed E-state index contributed by atoms with van der Waals surface area (Å²) in [6, 6.07) is 6.85. The molecule has 1 aromatic carbocycles. The molecule has 96 valence electrons. The predicted octanol–water partition coefficient (Wildman–Crippen LogP) is 0.824. The van der Waals surface area contributed by atoms with Crippen molar-refractivity contribution in [2.45, 2.75) is 25.6 Å². The topological polar surface area (TPSA) is 90.6 Å². The maximum atomic E-state index is 11.0. The number of benzene rings is 1. The third kappa shape index (κ3) is 3.06. The van der Waals surface area contributed by atoms with Gasteiger partial charge in [-0.25, -0.2) is 0 Å². The van der Waals surface area contributed by atoms with Crippen molar-refractivity contribution in [3.8, 4) is 6.07 Å². The van der Waals surface area contributed by atoms with Gasteiger partial charge < -0.3 is 14.9 Å². The number of nitrogens with zero attached hydrogens (tertiary/aromatic N) is 1. The second-order valence-electron chi connectivity index (χ2n) is 3.92. The van der Waals surface area contributed by atoms with Crippen LogP contribution in [0.2, 0.25) is 0 Å². The largest absolute Gasteiger partial charge is 0.469 e. The Kier molecular flexibility index (Phi) is 4.84. The predicted molar refractivity (Wildman–Crippen MR) is 63.5 cm³/mol. The van der Waals surface area contributed by atoms with Crippen LogP contribution in [0, 0.1) is 18.3 Å². The van der Waals surface area contributed by atoms with Gasteiger partial charge in [0.2, 0.25) is 0 Å². The Bertz CT molecular complexity index is 478. The highest BCUT2D eigenvalue weighted by Gasteiger charge is 2.23. The average Bonchev–Trinajstić information content (AvgIpc) is 2.38. The van der Waals surface area contributed by atoms with E-state index in [0.717, 1.165) is 0 Å². The van der Waals surface area contributed by atoms with Gasteiger partial charge in [0.15, 0.2) is 0 Å². The van der Waals surface area contributed by atoms with Crippen molar-refractivity contribution >= 4 is 5.97 Å². The molecular formula is C13H15NO4. The second-order valence-corrected chi connectivity index (χ2v) is 3.92. The Hall–Kier alpha value is -1.90. The summed E-state index contributed by atoms with van der Waals surface area (Å²) in [5.74, 6) is -0.601. The molecule has 0 heterocycles. The van der Waals surface area contributed by atoms with Gasteiger partial charge in [0.1, 0.15) is 6.10 Å². The number of aliphatic hydroxyl groups excluding tert-OH is 2. The van der Waals surface area contributed by atoms with Crippen molar-refractivity contribution in [1.82, 2.24) is 0 Å². The lowest BCUT2D eigenvalue weighted by Gasteiger charge is -2.19. The highest BCUT2D eigenvalue weighted by molar-refractivity contribution is 5.69. The lowest BCUT2D eigenvalue weighted by atomic mass is 9.95. The van der Waals surface area contributed by atoms with Gasteiger partial charge in [-0.1, -0.05) is 12.1 Å². The molecule has 18 heavy (non-hydrogen) atoms. The fourth-order valence-electron chi connectivity index (χ4n) is 1.67. The highest BCUT2D eigenvalue weighted by Crippen LogP contribution is 2.24. The van der Waals surface area contributed by atoms with E-state index in [1.807, 2.05) is 6.07 Å². The van der Waals surface area contributed by atoms with Crippen molar-refractivity contribution in [2.75, 3.05) is 7.11 Å². The van der Waals surface area contributed by atoms with Crippen LogP contribution >= 0.6 is 0 Å². The molecule has 1 aromatic rings. The van der Waals surface area contributed by atoms with Crippen LogP contribution in [0.3, 0.4) is 0 Å². The molecule has 2 atom stereocenters. The van der Waals surface area contributed by atoms with Gasteiger partial charge in [0.25, 0.3) is 0 Å². The molecule has 2 N–H and O–H groups in total. The van der Waals surface area contributed by atoms with E-state index in [2.05, 4.69) is 4.74 Å². The summed E-state index contributed by atoms with van der Waals surface area (Å²) in [6.45, 7) is 1.68. The van der Waals surface area contributed by atoms with Crippen molar-refractivity contribution in [3.05, 3.63) is 34.9 Å². The van der Waals surface area contributed by atoms with Crippen molar-refractivity contribution in [3.63, 3.8) is 0 Å². The summed E-state index contributed by atoms with van der Waals surface area (Å²) < 4.78 is 4.42. The molecule has 0 fully saturated rings. The fraction of sp³-hybridized carbons (Fsp3) is 0.385. The Morgan fingerprint density at radius 2 is 2.17 bits per heavy atom. The lowest BCUT2D eigenvalue weighted by Crippen LogP contribution is -2.23. The van der Waals surface area contributed by atoms with Crippen molar-refractivity contribution < 1.29 is 19.7 Å². The molecule has 0 spiro atoms. The van der Waals surface area contributed by atoms with E-state index in [0.29, 0.717) is 16.7 Å². The van der Waals surface area contributed by atoms with Crippen LogP contribution in [-0.2, 0) is 9.53 Å². The summed E-state index contributed by atoms with van der Waals surface area (Å²) in [5, 5.41) is 28.6. The summed E-state index contributed by atoms with van der Waals surface area (Å²) in [5.41, 5.74) is 1.46. The first-order valence-electron chi connectivity index (χ1n) is 5.43. The molecule has 1 rings (SSSR count). The van der Waals surface area contributed by atoms with Crippen LogP contribution in [0.25, 0.3) is 0 Å². The number of carbonyl (C=O) groups is 1. The fourth-order valence-corrected chi connectivity index (χ4v) is 1.67. The number of esters is 1. The molecule has 0 saturated heterocycles. The van der Waals surface area contributed by atoms with Crippen molar-refractivity contribution in [2.24, 2.45) is 0 Å². The van der Waals surface area contributed by atoms with Crippen LogP contribution in [-0.4, -0.2) is 29.4 Å². The first-order valence-corrected chi connectivity index (χ1v) is 5.43. The highest BCUT2D eigenvalue weighted by atomic mass is 16.5. The number of hydrogen-bond donors (Lipinski definition) is 2. The monoisotopic (exact) mass is 249 g/mol. The molecular weight excluding hydrogens is 234 g/mol. The number of rotatable bonds is 4. The summed E-state index contributed by atoms with van der Waals surface area (Å²) in [6.07, 6.45) is -2.78. The van der Waals surface area contributed by atoms with Gasteiger partial charge in [0.05, 0.1) is 31.3 Å². The second kappa shape index (κ2) is 6.15. The molecule has 0 saturated carbocycles. The van der Waals surface area contributed by atoms with Crippen LogP contribution in [0.15, 0.2) is 18.2 Å². The maximum Gasteiger partial charge on any atom is 0.308 e. The Balaban J connectivity index is 2.94. The zero-order chi connectivity index (χ0) is 13.7. The molecule has 0 aliphatic carbocycles. The number of methoxy groups -OCH3 is 1. The van der Waals surface area contributed by atoms with Crippen LogP contribution in [0.4, 0.5) is 0 Å². The summed E-state index contributed by atoms with van der Waals surface area (Å²) >= 11 is 0. The zero-order valence-corrected chi connectivity index (χ0v) is 10.3. The number of carbonyl (C=O) groups excluding carboxylic acids is 1. The van der Waals surface area contributed by atoms with Crippen molar-refractivity contribution in [1.29, 1.82) is 5.26 Å². The maximum absolute atomic E-state index is 11.0. The van der Waals surface area contributed by atoms with E-state index in [-0.39, 0.29) is 6.42 Å². The SMILES string of the molecule is COC(=O)CC(O)C(O)c1cccc(C#N)c1C. The van der Waals surface area contributed by atoms with E-state index >= 15 is 0 Å². The van der Waals surface area contributed by atoms with E-state index in [9.17, 15) is 15.0 Å². The molecule has 0 amide bonds. The molecule has 5 heteroatoms.